The quantitative estimate of drug-likeness (QED) is 0.759. The van der Waals surface area contributed by atoms with Gasteiger partial charge < -0.3 is 9.84 Å². The van der Waals surface area contributed by atoms with E-state index in [1.54, 1.807) is 17.9 Å². The first-order valence-electron chi connectivity index (χ1n) is 4.48. The molecule has 0 aliphatic rings. The van der Waals surface area contributed by atoms with Crippen LogP contribution in [0.25, 0.3) is 0 Å². The van der Waals surface area contributed by atoms with E-state index in [-0.39, 0.29) is 5.69 Å². The van der Waals surface area contributed by atoms with E-state index >= 15 is 0 Å². The van der Waals surface area contributed by atoms with Crippen molar-refractivity contribution in [3.63, 3.8) is 0 Å². The molecule has 0 amide bonds. The van der Waals surface area contributed by atoms with Crippen LogP contribution in [0.5, 0.6) is 0 Å². The molecule has 78 valence electrons. The molecule has 5 nitrogen and oxygen atoms in total. The van der Waals surface area contributed by atoms with Crippen molar-refractivity contribution in [1.82, 2.24) is 9.78 Å². The van der Waals surface area contributed by atoms with Gasteiger partial charge in [0.25, 0.3) is 0 Å². The number of hydrogen-bond donors (Lipinski definition) is 1. The molecule has 0 radical (unpaired) electrons. The number of aromatic nitrogens is 2. The van der Waals surface area contributed by atoms with Crippen LogP contribution >= 0.6 is 0 Å². The summed E-state index contributed by atoms with van der Waals surface area (Å²) in [5, 5.41) is 12.7. The number of hydrogen-bond acceptors (Lipinski definition) is 3. The highest BCUT2D eigenvalue weighted by atomic mass is 16.5. The number of aryl methyl sites for hydroxylation is 1. The number of ether oxygens (including phenoxy) is 1. The number of nitrogens with zero attached hydrogens (tertiary/aromatic N) is 2. The fraction of sp³-hybridized carbons (Fsp3) is 0.556. The first-order chi connectivity index (χ1) is 6.69. The Morgan fingerprint density at radius 1 is 1.71 bits per heavy atom. The first kappa shape index (κ1) is 10.7. The Balaban J connectivity index is 2.85. The third-order valence-electron chi connectivity index (χ3n) is 1.95. The van der Waals surface area contributed by atoms with Gasteiger partial charge in [0.05, 0.1) is 13.2 Å². The van der Waals surface area contributed by atoms with E-state index in [2.05, 4.69) is 5.10 Å². The average Bonchev–Trinajstić information content (AvgIpc) is 2.57. The Bertz CT molecular complexity index is 320. The van der Waals surface area contributed by atoms with Gasteiger partial charge in [0, 0.05) is 12.8 Å². The molecular weight excluding hydrogens is 184 g/mol. The number of carboxylic acids is 1. The largest absolute Gasteiger partial charge is 0.476 e. The monoisotopic (exact) mass is 198 g/mol. The Kier molecular flexibility index (Phi) is 3.64. The summed E-state index contributed by atoms with van der Waals surface area (Å²) in [5.41, 5.74) is 1.01. The summed E-state index contributed by atoms with van der Waals surface area (Å²) in [5.74, 6) is -0.990. The van der Waals surface area contributed by atoms with Crippen LogP contribution in [0, 0.1) is 0 Å². The van der Waals surface area contributed by atoms with Gasteiger partial charge in [-0.25, -0.2) is 4.79 Å². The molecule has 0 unspecified atom stereocenters. The van der Waals surface area contributed by atoms with Gasteiger partial charge in [0.1, 0.15) is 0 Å². The molecular formula is C9H14N2O3. The summed E-state index contributed by atoms with van der Waals surface area (Å²) >= 11 is 0. The van der Waals surface area contributed by atoms with E-state index in [1.807, 2.05) is 6.92 Å². The molecule has 1 aromatic rings. The molecule has 14 heavy (non-hydrogen) atoms. The van der Waals surface area contributed by atoms with Gasteiger partial charge in [-0.1, -0.05) is 6.92 Å². The number of aromatic carboxylic acids is 1. The smallest absolute Gasteiger partial charge is 0.356 e. The molecule has 0 atom stereocenters. The minimum Gasteiger partial charge on any atom is -0.476 e. The lowest BCUT2D eigenvalue weighted by Crippen LogP contribution is -2.09. The third kappa shape index (κ3) is 2.32. The molecule has 1 aromatic heterocycles. The van der Waals surface area contributed by atoms with Crippen LogP contribution in [0.2, 0.25) is 0 Å². The predicted octanol–water partition coefficient (Wildman–Crippen LogP) is 0.790. The molecule has 1 N–H and O–H groups in total. The van der Waals surface area contributed by atoms with E-state index in [9.17, 15) is 4.79 Å². The highest BCUT2D eigenvalue weighted by Gasteiger charge is 2.11. The maximum atomic E-state index is 10.6. The highest BCUT2D eigenvalue weighted by Crippen LogP contribution is 2.05. The van der Waals surface area contributed by atoms with Crippen LogP contribution in [0.15, 0.2) is 6.07 Å². The van der Waals surface area contributed by atoms with E-state index in [1.165, 1.54) is 0 Å². The fourth-order valence-electron chi connectivity index (χ4n) is 1.22. The van der Waals surface area contributed by atoms with Crippen molar-refractivity contribution in [2.24, 2.45) is 0 Å². The summed E-state index contributed by atoms with van der Waals surface area (Å²) in [4.78, 5) is 10.6. The summed E-state index contributed by atoms with van der Waals surface area (Å²) in [6.07, 6.45) is 0.768. The topological polar surface area (TPSA) is 64.3 Å². The van der Waals surface area contributed by atoms with Crippen LogP contribution in [0.4, 0.5) is 0 Å². The van der Waals surface area contributed by atoms with Gasteiger partial charge in [-0.2, -0.15) is 5.10 Å². The van der Waals surface area contributed by atoms with E-state index in [0.717, 1.165) is 12.1 Å². The molecule has 0 fully saturated rings. The maximum absolute atomic E-state index is 10.6. The molecule has 0 bridgehead atoms. The van der Waals surface area contributed by atoms with Gasteiger partial charge in [0.15, 0.2) is 5.69 Å². The van der Waals surface area contributed by atoms with Crippen molar-refractivity contribution in [3.05, 3.63) is 17.5 Å². The van der Waals surface area contributed by atoms with Crippen molar-refractivity contribution in [1.29, 1.82) is 0 Å². The van der Waals surface area contributed by atoms with Gasteiger partial charge >= 0.3 is 5.97 Å². The SMILES string of the molecule is CCc1cc(C(=O)O)nn1CCOC. The van der Waals surface area contributed by atoms with Crippen LogP contribution in [-0.2, 0) is 17.7 Å². The summed E-state index contributed by atoms with van der Waals surface area (Å²) in [6.45, 7) is 3.09. The molecule has 0 aromatic carbocycles. The number of carbonyl (C=O) groups is 1. The zero-order valence-electron chi connectivity index (χ0n) is 8.36. The molecule has 0 aliphatic heterocycles. The van der Waals surface area contributed by atoms with Gasteiger partial charge in [-0.3, -0.25) is 4.68 Å². The van der Waals surface area contributed by atoms with E-state index in [0.29, 0.717) is 13.2 Å². The highest BCUT2D eigenvalue weighted by molar-refractivity contribution is 5.85. The van der Waals surface area contributed by atoms with Gasteiger partial charge in [-0.05, 0) is 12.5 Å². The van der Waals surface area contributed by atoms with Crippen LogP contribution in [-0.4, -0.2) is 34.6 Å². The van der Waals surface area contributed by atoms with Gasteiger partial charge in [-0.15, -0.1) is 0 Å². The summed E-state index contributed by atoms with van der Waals surface area (Å²) < 4.78 is 6.58. The van der Waals surface area contributed by atoms with Crippen LogP contribution in [0.3, 0.4) is 0 Å². The van der Waals surface area contributed by atoms with Crippen molar-refractivity contribution < 1.29 is 14.6 Å². The number of rotatable bonds is 5. The molecule has 5 heteroatoms. The first-order valence-corrected chi connectivity index (χ1v) is 4.48. The second-order valence-electron chi connectivity index (χ2n) is 2.90. The second kappa shape index (κ2) is 4.76. The van der Waals surface area contributed by atoms with Gasteiger partial charge in [0.2, 0.25) is 0 Å². The van der Waals surface area contributed by atoms with Crippen LogP contribution < -0.4 is 0 Å². The van der Waals surface area contributed by atoms with E-state index < -0.39 is 5.97 Å². The molecule has 1 heterocycles. The summed E-state index contributed by atoms with van der Waals surface area (Å²) in [6, 6.07) is 1.60. The Labute approximate surface area is 82.3 Å². The molecule has 0 saturated carbocycles. The molecule has 0 aliphatic carbocycles. The molecule has 1 rings (SSSR count). The van der Waals surface area contributed by atoms with Crippen molar-refractivity contribution in [2.75, 3.05) is 13.7 Å². The zero-order valence-corrected chi connectivity index (χ0v) is 8.36. The Morgan fingerprint density at radius 3 is 2.93 bits per heavy atom. The number of carboxylic acid groups (broad SMARTS) is 1. The average molecular weight is 198 g/mol. The Morgan fingerprint density at radius 2 is 2.43 bits per heavy atom. The second-order valence-corrected chi connectivity index (χ2v) is 2.90. The summed E-state index contributed by atoms with van der Waals surface area (Å²) in [7, 11) is 1.60. The van der Waals surface area contributed by atoms with Crippen LogP contribution in [0.1, 0.15) is 23.1 Å². The lowest BCUT2D eigenvalue weighted by Gasteiger charge is -2.03. The van der Waals surface area contributed by atoms with Crippen molar-refractivity contribution in [2.45, 2.75) is 19.9 Å². The van der Waals surface area contributed by atoms with Crippen molar-refractivity contribution >= 4 is 5.97 Å². The molecule has 0 spiro atoms. The lowest BCUT2D eigenvalue weighted by atomic mass is 10.3. The standard InChI is InChI=1S/C9H14N2O3/c1-3-7-6-8(9(12)13)10-11(7)4-5-14-2/h6H,3-5H2,1-2H3,(H,12,13). The zero-order chi connectivity index (χ0) is 10.6. The minimum absolute atomic E-state index is 0.0953. The van der Waals surface area contributed by atoms with Crippen molar-refractivity contribution in [3.8, 4) is 0 Å². The Hall–Kier alpha value is -1.36. The lowest BCUT2D eigenvalue weighted by molar-refractivity contribution is 0.0689. The normalized spacial score (nSPS) is 10.4. The third-order valence-corrected chi connectivity index (χ3v) is 1.95. The molecule has 0 saturated heterocycles. The fourth-order valence-corrected chi connectivity index (χ4v) is 1.22. The maximum Gasteiger partial charge on any atom is 0.356 e. The van der Waals surface area contributed by atoms with E-state index in [4.69, 9.17) is 9.84 Å². The number of methoxy groups -OCH3 is 1. The predicted molar refractivity (Wildman–Crippen MR) is 50.4 cm³/mol. The minimum atomic E-state index is -0.990.